The van der Waals surface area contributed by atoms with Gasteiger partial charge in [-0.05, 0) is 50.8 Å². The van der Waals surface area contributed by atoms with Gasteiger partial charge in [0.25, 0.3) is 0 Å². The third-order valence-corrected chi connectivity index (χ3v) is 5.97. The summed E-state index contributed by atoms with van der Waals surface area (Å²) in [5.41, 5.74) is -0.135. The SMILES string of the molecule is CCC1([C@](O)(C#CCN2CCCC2)c2ccccc2)CCCC1. The molecule has 0 bridgehead atoms. The van der Waals surface area contributed by atoms with Crippen LogP contribution in [0.2, 0.25) is 0 Å². The third kappa shape index (κ3) is 3.18. The van der Waals surface area contributed by atoms with Crippen molar-refractivity contribution < 1.29 is 5.11 Å². The van der Waals surface area contributed by atoms with Crippen LogP contribution in [0.4, 0.5) is 0 Å². The van der Waals surface area contributed by atoms with E-state index in [9.17, 15) is 5.11 Å². The summed E-state index contributed by atoms with van der Waals surface area (Å²) in [6.45, 7) is 5.30. The highest BCUT2D eigenvalue weighted by atomic mass is 16.3. The van der Waals surface area contributed by atoms with E-state index in [1.807, 2.05) is 30.3 Å². The lowest BCUT2D eigenvalue weighted by Gasteiger charge is -2.42. The molecular formula is C21H29NO. The van der Waals surface area contributed by atoms with Gasteiger partial charge in [0.15, 0.2) is 5.60 Å². The van der Waals surface area contributed by atoms with Gasteiger partial charge < -0.3 is 5.11 Å². The lowest BCUT2D eigenvalue weighted by Crippen LogP contribution is -2.43. The largest absolute Gasteiger partial charge is 0.373 e. The van der Waals surface area contributed by atoms with Crippen LogP contribution >= 0.6 is 0 Å². The summed E-state index contributed by atoms with van der Waals surface area (Å²) in [6.07, 6.45) is 8.11. The Hall–Kier alpha value is -1.30. The molecule has 1 N–H and O–H groups in total. The molecule has 0 spiro atoms. The molecule has 1 saturated heterocycles. The highest BCUT2D eigenvalue weighted by Crippen LogP contribution is 2.53. The minimum atomic E-state index is -1.01. The van der Waals surface area contributed by atoms with Gasteiger partial charge in [-0.15, -0.1) is 0 Å². The first-order valence-corrected chi connectivity index (χ1v) is 9.20. The van der Waals surface area contributed by atoms with Crippen LogP contribution in [0.5, 0.6) is 0 Å². The Bertz CT molecular complexity index is 558. The van der Waals surface area contributed by atoms with E-state index < -0.39 is 5.60 Å². The number of aliphatic hydroxyl groups is 1. The maximum absolute atomic E-state index is 11.7. The van der Waals surface area contributed by atoms with Crippen LogP contribution in [0.15, 0.2) is 30.3 Å². The van der Waals surface area contributed by atoms with Gasteiger partial charge >= 0.3 is 0 Å². The topological polar surface area (TPSA) is 23.5 Å². The van der Waals surface area contributed by atoms with Crippen molar-refractivity contribution in [3.05, 3.63) is 35.9 Å². The predicted molar refractivity (Wildman–Crippen MR) is 95.0 cm³/mol. The Labute approximate surface area is 140 Å². The Morgan fingerprint density at radius 2 is 1.74 bits per heavy atom. The molecule has 124 valence electrons. The zero-order valence-electron chi connectivity index (χ0n) is 14.4. The smallest absolute Gasteiger partial charge is 0.156 e. The molecule has 1 saturated carbocycles. The van der Waals surface area contributed by atoms with E-state index in [-0.39, 0.29) is 5.41 Å². The van der Waals surface area contributed by atoms with Gasteiger partial charge in [-0.25, -0.2) is 0 Å². The minimum Gasteiger partial charge on any atom is -0.373 e. The van der Waals surface area contributed by atoms with Gasteiger partial charge in [-0.2, -0.15) is 0 Å². The van der Waals surface area contributed by atoms with Gasteiger partial charge in [0, 0.05) is 5.41 Å². The molecular weight excluding hydrogens is 282 g/mol. The third-order valence-electron chi connectivity index (χ3n) is 5.97. The normalized spacial score (nSPS) is 23.2. The number of benzene rings is 1. The molecule has 1 atom stereocenters. The highest BCUT2D eigenvalue weighted by Gasteiger charge is 2.50. The van der Waals surface area contributed by atoms with Crippen LogP contribution < -0.4 is 0 Å². The predicted octanol–water partition coefficient (Wildman–Crippen LogP) is 3.94. The fourth-order valence-corrected chi connectivity index (χ4v) is 4.43. The quantitative estimate of drug-likeness (QED) is 0.851. The first-order chi connectivity index (χ1) is 11.2. The summed E-state index contributed by atoms with van der Waals surface area (Å²) in [7, 11) is 0. The molecule has 2 aliphatic rings. The Morgan fingerprint density at radius 1 is 1.09 bits per heavy atom. The Morgan fingerprint density at radius 3 is 2.35 bits per heavy atom. The van der Waals surface area contributed by atoms with Crippen molar-refractivity contribution in [1.29, 1.82) is 0 Å². The van der Waals surface area contributed by atoms with E-state index in [0.29, 0.717) is 0 Å². The van der Waals surface area contributed by atoms with E-state index in [2.05, 4.69) is 23.7 Å². The second kappa shape index (κ2) is 7.07. The van der Waals surface area contributed by atoms with Crippen LogP contribution in [0.3, 0.4) is 0 Å². The monoisotopic (exact) mass is 311 g/mol. The molecule has 0 radical (unpaired) electrons. The van der Waals surface area contributed by atoms with E-state index >= 15 is 0 Å². The van der Waals surface area contributed by atoms with Crippen molar-refractivity contribution in [2.75, 3.05) is 19.6 Å². The van der Waals surface area contributed by atoms with Gasteiger partial charge in [-0.3, -0.25) is 4.90 Å². The molecule has 0 amide bonds. The zero-order chi connectivity index (χ0) is 16.2. The molecule has 2 fully saturated rings. The number of nitrogens with zero attached hydrogens (tertiary/aromatic N) is 1. The molecule has 1 heterocycles. The first-order valence-electron chi connectivity index (χ1n) is 9.20. The Balaban J connectivity index is 1.91. The fraction of sp³-hybridized carbons (Fsp3) is 0.619. The summed E-state index contributed by atoms with van der Waals surface area (Å²) < 4.78 is 0. The highest BCUT2D eigenvalue weighted by molar-refractivity contribution is 5.36. The van der Waals surface area contributed by atoms with E-state index in [1.54, 1.807) is 0 Å². The molecule has 0 unspecified atom stereocenters. The summed E-state index contributed by atoms with van der Waals surface area (Å²) in [4.78, 5) is 2.39. The van der Waals surface area contributed by atoms with Crippen LogP contribution in [0.1, 0.15) is 57.4 Å². The van der Waals surface area contributed by atoms with E-state index in [0.717, 1.165) is 44.5 Å². The van der Waals surface area contributed by atoms with Crippen LogP contribution in [-0.4, -0.2) is 29.6 Å². The van der Waals surface area contributed by atoms with Gasteiger partial charge in [0.2, 0.25) is 0 Å². The van der Waals surface area contributed by atoms with Crippen molar-refractivity contribution in [1.82, 2.24) is 4.90 Å². The molecule has 0 aromatic heterocycles. The first kappa shape index (κ1) is 16.6. The summed E-state index contributed by atoms with van der Waals surface area (Å²) >= 11 is 0. The second-order valence-corrected chi connectivity index (χ2v) is 7.20. The lowest BCUT2D eigenvalue weighted by atomic mass is 9.65. The van der Waals surface area contributed by atoms with Crippen LogP contribution in [0.25, 0.3) is 0 Å². The molecule has 1 aromatic carbocycles. The summed E-state index contributed by atoms with van der Waals surface area (Å²) in [5.74, 6) is 6.67. The number of hydrogen-bond acceptors (Lipinski definition) is 2. The molecule has 1 aliphatic heterocycles. The molecule has 2 heteroatoms. The summed E-state index contributed by atoms with van der Waals surface area (Å²) in [5, 5.41) is 11.7. The van der Waals surface area contributed by atoms with Crippen LogP contribution in [-0.2, 0) is 5.60 Å². The van der Waals surface area contributed by atoms with Gasteiger partial charge in [0.05, 0.1) is 6.54 Å². The second-order valence-electron chi connectivity index (χ2n) is 7.20. The van der Waals surface area contributed by atoms with Gasteiger partial charge in [-0.1, -0.05) is 61.9 Å². The average molecular weight is 311 g/mol. The maximum Gasteiger partial charge on any atom is 0.156 e. The summed E-state index contributed by atoms with van der Waals surface area (Å²) in [6, 6.07) is 10.1. The number of hydrogen-bond donors (Lipinski definition) is 1. The van der Waals surface area contributed by atoms with Crippen molar-refractivity contribution in [3.63, 3.8) is 0 Å². The standard InChI is InChI=1S/C21H29NO/c1-2-20(13-6-7-14-20)21(23,19-11-4-3-5-12-19)15-10-18-22-16-8-9-17-22/h3-5,11-12,23H,2,6-9,13-14,16-18H2,1H3/t21-/m0/s1. The number of likely N-dealkylation sites (tertiary alicyclic amines) is 1. The molecule has 1 aliphatic carbocycles. The molecule has 2 nitrogen and oxygen atoms in total. The Kier molecular flexibility index (Phi) is 5.09. The zero-order valence-corrected chi connectivity index (χ0v) is 14.4. The number of rotatable bonds is 4. The maximum atomic E-state index is 11.7. The molecule has 3 rings (SSSR count). The van der Waals surface area contributed by atoms with Crippen molar-refractivity contribution in [2.45, 2.75) is 57.5 Å². The minimum absolute atomic E-state index is 0.0909. The average Bonchev–Trinajstić information content (AvgIpc) is 3.28. The lowest BCUT2D eigenvalue weighted by molar-refractivity contribution is -0.0422. The van der Waals surface area contributed by atoms with E-state index in [1.165, 1.54) is 25.7 Å². The van der Waals surface area contributed by atoms with Crippen molar-refractivity contribution in [3.8, 4) is 11.8 Å². The van der Waals surface area contributed by atoms with Crippen molar-refractivity contribution in [2.24, 2.45) is 5.41 Å². The van der Waals surface area contributed by atoms with Gasteiger partial charge in [0.1, 0.15) is 0 Å². The molecule has 23 heavy (non-hydrogen) atoms. The van der Waals surface area contributed by atoms with Crippen molar-refractivity contribution >= 4 is 0 Å². The van der Waals surface area contributed by atoms with E-state index in [4.69, 9.17) is 0 Å². The van der Waals surface area contributed by atoms with Crippen LogP contribution in [0, 0.1) is 17.3 Å². The fourth-order valence-electron chi connectivity index (χ4n) is 4.43. The molecule has 1 aromatic rings.